The molecule has 0 spiro atoms. The van der Waals surface area contributed by atoms with Crippen LogP contribution >= 0.6 is 11.6 Å². The van der Waals surface area contributed by atoms with Crippen molar-refractivity contribution in [3.63, 3.8) is 0 Å². The third kappa shape index (κ3) is 3.13. The molecule has 0 unspecified atom stereocenters. The molecule has 1 saturated heterocycles. The van der Waals surface area contributed by atoms with Crippen LogP contribution in [0.1, 0.15) is 28.8 Å². The number of rotatable bonds is 4. The van der Waals surface area contributed by atoms with E-state index in [1.807, 2.05) is 12.1 Å². The van der Waals surface area contributed by atoms with Crippen LogP contribution in [0, 0.1) is 5.82 Å². The van der Waals surface area contributed by atoms with Gasteiger partial charge in [-0.25, -0.2) is 12.8 Å². The molecule has 2 heterocycles. The highest BCUT2D eigenvalue weighted by molar-refractivity contribution is 7.92. The van der Waals surface area contributed by atoms with Gasteiger partial charge in [0, 0.05) is 12.1 Å². The number of benzene rings is 2. The number of ketones is 1. The van der Waals surface area contributed by atoms with Crippen molar-refractivity contribution in [3.05, 3.63) is 58.4 Å². The monoisotopic (exact) mass is 408 g/mol. The minimum Gasteiger partial charge on any atom is -0.307 e. The first-order valence-corrected chi connectivity index (χ1v) is 10.6. The molecule has 27 heavy (non-hydrogen) atoms. The minimum absolute atomic E-state index is 0.0310. The summed E-state index contributed by atoms with van der Waals surface area (Å²) in [7, 11) is -4.15. The number of sulfonamides is 1. The van der Waals surface area contributed by atoms with Gasteiger partial charge in [-0.05, 0) is 49.6 Å². The predicted molar refractivity (Wildman–Crippen MR) is 101 cm³/mol. The Morgan fingerprint density at radius 3 is 2.78 bits per heavy atom. The molecule has 1 fully saturated rings. The van der Waals surface area contributed by atoms with Gasteiger partial charge in [-0.2, -0.15) is 0 Å². The first-order chi connectivity index (χ1) is 12.9. The average molecular weight is 409 g/mol. The second kappa shape index (κ2) is 6.89. The maximum absolute atomic E-state index is 14.6. The summed E-state index contributed by atoms with van der Waals surface area (Å²) in [4.78, 5) is 12.2. The van der Waals surface area contributed by atoms with Crippen LogP contribution < -0.4 is 9.62 Å². The summed E-state index contributed by atoms with van der Waals surface area (Å²) in [6.45, 7) is 0.947. The molecule has 0 aromatic heterocycles. The van der Waals surface area contributed by atoms with E-state index >= 15 is 0 Å². The van der Waals surface area contributed by atoms with Gasteiger partial charge in [-0.15, -0.1) is 0 Å². The van der Waals surface area contributed by atoms with Crippen LogP contribution in [0.4, 0.5) is 10.1 Å². The smallest absolute Gasteiger partial charge is 0.267 e. The Hall–Kier alpha value is -1.96. The number of anilines is 1. The van der Waals surface area contributed by atoms with Gasteiger partial charge >= 0.3 is 0 Å². The van der Waals surface area contributed by atoms with E-state index in [0.29, 0.717) is 25.1 Å². The van der Waals surface area contributed by atoms with Crippen LogP contribution in [0.5, 0.6) is 0 Å². The van der Waals surface area contributed by atoms with Gasteiger partial charge in [0.25, 0.3) is 10.0 Å². The van der Waals surface area contributed by atoms with E-state index in [1.54, 1.807) is 12.1 Å². The highest BCUT2D eigenvalue weighted by Crippen LogP contribution is 2.35. The number of hydrogen-bond acceptors (Lipinski definition) is 4. The molecule has 0 saturated carbocycles. The molecule has 1 N–H and O–H groups in total. The topological polar surface area (TPSA) is 66.5 Å². The molecule has 2 aliphatic rings. The lowest BCUT2D eigenvalue weighted by Gasteiger charge is -2.21. The SMILES string of the molecule is O=C(c1cc(S(=O)(=O)N2CCc3ccccc32)c(F)cc1Cl)[C@H]1CCCN1. The van der Waals surface area contributed by atoms with E-state index in [0.717, 1.165) is 24.1 Å². The zero-order valence-corrected chi connectivity index (χ0v) is 16.0. The van der Waals surface area contributed by atoms with Crippen molar-refractivity contribution in [1.29, 1.82) is 0 Å². The van der Waals surface area contributed by atoms with Crippen LogP contribution in [0.2, 0.25) is 5.02 Å². The van der Waals surface area contributed by atoms with Crippen molar-refractivity contribution in [2.24, 2.45) is 0 Å². The second-order valence-electron chi connectivity index (χ2n) is 6.73. The lowest BCUT2D eigenvalue weighted by molar-refractivity contribution is 0.0952. The van der Waals surface area contributed by atoms with Gasteiger partial charge in [0.2, 0.25) is 0 Å². The van der Waals surface area contributed by atoms with Gasteiger partial charge in [0.1, 0.15) is 10.7 Å². The Kier molecular flexibility index (Phi) is 4.70. The minimum atomic E-state index is -4.15. The summed E-state index contributed by atoms with van der Waals surface area (Å²) in [6.07, 6.45) is 2.06. The van der Waals surface area contributed by atoms with E-state index in [2.05, 4.69) is 5.32 Å². The highest BCUT2D eigenvalue weighted by atomic mass is 35.5. The van der Waals surface area contributed by atoms with Crippen LogP contribution in [0.25, 0.3) is 0 Å². The van der Waals surface area contributed by atoms with Crippen molar-refractivity contribution in [1.82, 2.24) is 5.32 Å². The molecule has 2 aromatic carbocycles. The van der Waals surface area contributed by atoms with Gasteiger partial charge in [0.15, 0.2) is 5.78 Å². The molecule has 0 aliphatic carbocycles. The van der Waals surface area contributed by atoms with Crippen molar-refractivity contribution >= 4 is 33.1 Å². The summed E-state index contributed by atoms with van der Waals surface area (Å²) >= 11 is 6.07. The molecule has 5 nitrogen and oxygen atoms in total. The summed E-state index contributed by atoms with van der Waals surface area (Å²) in [5, 5.41) is 2.98. The Labute approximate surface area is 162 Å². The third-order valence-electron chi connectivity index (χ3n) is 5.08. The largest absolute Gasteiger partial charge is 0.307 e. The summed E-state index contributed by atoms with van der Waals surface area (Å²) < 4.78 is 42.1. The number of carbonyl (C=O) groups excluding carboxylic acids is 1. The van der Waals surface area contributed by atoms with Crippen LogP contribution in [-0.4, -0.2) is 33.3 Å². The first-order valence-electron chi connectivity index (χ1n) is 8.77. The van der Waals surface area contributed by atoms with Crippen LogP contribution in [0.3, 0.4) is 0 Å². The Balaban J connectivity index is 1.77. The number of nitrogens with one attached hydrogen (secondary N) is 1. The second-order valence-corrected chi connectivity index (χ2v) is 8.97. The standard InChI is InChI=1S/C19H18ClFN2O3S/c20-14-11-15(21)18(10-13(14)19(24)16-5-3-8-22-16)27(25,26)23-9-7-12-4-1-2-6-17(12)23/h1-2,4,6,10-11,16,22H,3,5,7-9H2/t16-/m1/s1. The molecule has 0 radical (unpaired) electrons. The van der Waals surface area contributed by atoms with Crippen molar-refractivity contribution in [2.75, 3.05) is 17.4 Å². The number of nitrogens with zero attached hydrogens (tertiary/aromatic N) is 1. The fourth-order valence-corrected chi connectivity index (χ4v) is 5.51. The van der Waals surface area contributed by atoms with Crippen molar-refractivity contribution < 1.29 is 17.6 Å². The quantitative estimate of drug-likeness (QED) is 0.789. The van der Waals surface area contributed by atoms with E-state index in [9.17, 15) is 17.6 Å². The molecule has 2 aromatic rings. The molecule has 0 bridgehead atoms. The third-order valence-corrected chi connectivity index (χ3v) is 7.22. The molecular formula is C19H18ClFN2O3S. The van der Waals surface area contributed by atoms with E-state index in [-0.39, 0.29) is 22.9 Å². The number of para-hydroxylation sites is 1. The van der Waals surface area contributed by atoms with Crippen LogP contribution in [0.15, 0.2) is 41.3 Å². The summed E-state index contributed by atoms with van der Waals surface area (Å²) in [5.41, 5.74) is 1.46. The molecule has 0 amide bonds. The number of Topliss-reactive ketones (excluding diaryl/α,β-unsaturated/α-hetero) is 1. The number of halogens is 2. The lowest BCUT2D eigenvalue weighted by atomic mass is 10.0. The predicted octanol–water partition coefficient (Wildman–Crippen LogP) is 3.17. The van der Waals surface area contributed by atoms with Gasteiger partial charge in [-0.3, -0.25) is 9.10 Å². The maximum atomic E-state index is 14.6. The molecule has 2 aliphatic heterocycles. The zero-order valence-electron chi connectivity index (χ0n) is 14.4. The summed E-state index contributed by atoms with van der Waals surface area (Å²) in [5.74, 6) is -1.27. The fraction of sp³-hybridized carbons (Fsp3) is 0.316. The van der Waals surface area contributed by atoms with Crippen molar-refractivity contribution in [3.8, 4) is 0 Å². The summed E-state index contributed by atoms with van der Waals surface area (Å²) in [6, 6.07) is 8.70. The lowest BCUT2D eigenvalue weighted by Crippen LogP contribution is -2.32. The maximum Gasteiger partial charge on any atom is 0.267 e. The van der Waals surface area contributed by atoms with Crippen LogP contribution in [-0.2, 0) is 16.4 Å². The molecule has 8 heteroatoms. The normalized spacial score (nSPS) is 19.3. The van der Waals surface area contributed by atoms with Gasteiger partial charge < -0.3 is 5.32 Å². The Morgan fingerprint density at radius 2 is 2.04 bits per heavy atom. The van der Waals surface area contributed by atoms with Gasteiger partial charge in [0.05, 0.1) is 16.8 Å². The first kappa shape index (κ1) is 18.4. The van der Waals surface area contributed by atoms with Gasteiger partial charge in [-0.1, -0.05) is 29.8 Å². The number of fused-ring (bicyclic) bond motifs is 1. The fourth-order valence-electron chi connectivity index (χ4n) is 3.69. The molecule has 142 valence electrons. The van der Waals surface area contributed by atoms with E-state index < -0.39 is 26.8 Å². The van der Waals surface area contributed by atoms with Crippen molar-refractivity contribution in [2.45, 2.75) is 30.2 Å². The molecular weight excluding hydrogens is 391 g/mol. The highest BCUT2D eigenvalue weighted by Gasteiger charge is 2.34. The van der Waals surface area contributed by atoms with E-state index in [1.165, 1.54) is 4.31 Å². The Morgan fingerprint density at radius 1 is 1.26 bits per heavy atom. The molecule has 1 atom stereocenters. The van der Waals surface area contributed by atoms with E-state index in [4.69, 9.17) is 11.6 Å². The zero-order chi connectivity index (χ0) is 19.2. The molecule has 4 rings (SSSR count). The Bertz CT molecular complexity index is 1020. The average Bonchev–Trinajstić information content (AvgIpc) is 3.31. The number of hydrogen-bond donors (Lipinski definition) is 1. The number of carbonyl (C=O) groups is 1.